The van der Waals surface area contributed by atoms with Crippen LogP contribution in [0.3, 0.4) is 0 Å². The second-order valence-corrected chi connectivity index (χ2v) is 4.89. The van der Waals surface area contributed by atoms with E-state index in [0.717, 1.165) is 0 Å². The van der Waals surface area contributed by atoms with Crippen LogP contribution >= 0.6 is 23.2 Å². The number of benzene rings is 2. The summed E-state index contributed by atoms with van der Waals surface area (Å²) in [5.74, 6) is 0.933. The number of carbonyl (C=O) groups is 1. The Morgan fingerprint density at radius 3 is 2.21 bits per heavy atom. The maximum atomic E-state index is 11.3. The van der Waals surface area contributed by atoms with E-state index in [1.807, 2.05) is 0 Å². The van der Waals surface area contributed by atoms with Gasteiger partial charge in [0.15, 0.2) is 5.78 Å². The third-order valence-corrected chi connectivity index (χ3v) is 2.91. The highest BCUT2D eigenvalue weighted by Crippen LogP contribution is 2.30. The van der Waals surface area contributed by atoms with Gasteiger partial charge < -0.3 is 10.5 Å². The molecule has 2 aromatic rings. The fraction of sp³-hybridized carbons (Fsp3) is 0.0714. The SMILES string of the molecule is CC(=O)c1ccc(Oc2cc(Cl)cc(Cl)c2)cc1N. The van der Waals surface area contributed by atoms with E-state index in [-0.39, 0.29) is 5.78 Å². The standard InChI is InChI=1S/C14H11Cl2NO2/c1-8(18)13-3-2-11(7-14(13)17)19-12-5-9(15)4-10(16)6-12/h2-7H,17H2,1H3. The van der Waals surface area contributed by atoms with Crippen molar-refractivity contribution < 1.29 is 9.53 Å². The van der Waals surface area contributed by atoms with Gasteiger partial charge in [-0.25, -0.2) is 0 Å². The van der Waals surface area contributed by atoms with Crippen molar-refractivity contribution in [3.63, 3.8) is 0 Å². The zero-order chi connectivity index (χ0) is 14.0. The first-order valence-electron chi connectivity index (χ1n) is 5.50. The van der Waals surface area contributed by atoms with Crippen LogP contribution in [0.4, 0.5) is 5.69 Å². The lowest BCUT2D eigenvalue weighted by molar-refractivity contribution is 0.101. The van der Waals surface area contributed by atoms with E-state index in [9.17, 15) is 4.79 Å². The van der Waals surface area contributed by atoms with Gasteiger partial charge in [-0.15, -0.1) is 0 Å². The minimum Gasteiger partial charge on any atom is -0.457 e. The molecule has 0 spiro atoms. The van der Waals surface area contributed by atoms with Gasteiger partial charge in [0.1, 0.15) is 11.5 Å². The summed E-state index contributed by atoms with van der Waals surface area (Å²) >= 11 is 11.8. The molecule has 0 aliphatic rings. The number of Topliss-reactive ketones (excluding diaryl/α,β-unsaturated/α-hetero) is 1. The molecule has 2 aromatic carbocycles. The summed E-state index contributed by atoms with van der Waals surface area (Å²) < 4.78 is 5.60. The van der Waals surface area contributed by atoms with Gasteiger partial charge in [0.25, 0.3) is 0 Å². The molecule has 2 rings (SSSR count). The molecular formula is C14H11Cl2NO2. The van der Waals surface area contributed by atoms with Crippen LogP contribution in [-0.4, -0.2) is 5.78 Å². The van der Waals surface area contributed by atoms with Crippen LogP contribution in [0.15, 0.2) is 36.4 Å². The number of halogens is 2. The Balaban J connectivity index is 2.28. The van der Waals surface area contributed by atoms with E-state index in [0.29, 0.717) is 32.8 Å². The van der Waals surface area contributed by atoms with Crippen LogP contribution in [0.25, 0.3) is 0 Å². The van der Waals surface area contributed by atoms with Crippen molar-refractivity contribution in [2.24, 2.45) is 0 Å². The normalized spacial score (nSPS) is 10.3. The van der Waals surface area contributed by atoms with Gasteiger partial charge >= 0.3 is 0 Å². The summed E-state index contributed by atoms with van der Waals surface area (Å²) in [7, 11) is 0. The number of nitrogens with two attached hydrogens (primary N) is 1. The van der Waals surface area contributed by atoms with Crippen molar-refractivity contribution in [1.82, 2.24) is 0 Å². The van der Waals surface area contributed by atoms with Crippen LogP contribution in [-0.2, 0) is 0 Å². The zero-order valence-corrected chi connectivity index (χ0v) is 11.6. The number of ketones is 1. The molecule has 0 radical (unpaired) electrons. The fourth-order valence-electron chi connectivity index (χ4n) is 1.65. The highest BCUT2D eigenvalue weighted by molar-refractivity contribution is 6.34. The number of anilines is 1. The predicted octanol–water partition coefficient (Wildman–Crippen LogP) is 4.57. The third-order valence-electron chi connectivity index (χ3n) is 2.47. The number of ether oxygens (including phenoxy) is 1. The molecule has 3 nitrogen and oxygen atoms in total. The van der Waals surface area contributed by atoms with Gasteiger partial charge in [-0.1, -0.05) is 23.2 Å². The summed E-state index contributed by atoms with van der Waals surface area (Å²) in [6.07, 6.45) is 0. The van der Waals surface area contributed by atoms with E-state index in [1.165, 1.54) is 6.92 Å². The number of carbonyl (C=O) groups excluding carboxylic acids is 1. The lowest BCUT2D eigenvalue weighted by atomic mass is 10.1. The van der Waals surface area contributed by atoms with Crippen LogP contribution in [0.2, 0.25) is 10.0 Å². The lowest BCUT2D eigenvalue weighted by Gasteiger charge is -2.09. The molecule has 19 heavy (non-hydrogen) atoms. The van der Waals surface area contributed by atoms with Crippen LogP contribution in [0.1, 0.15) is 17.3 Å². The summed E-state index contributed by atoms with van der Waals surface area (Å²) in [5, 5.41) is 0.964. The Morgan fingerprint density at radius 2 is 1.68 bits per heavy atom. The Bertz CT molecular complexity index is 621. The molecule has 0 unspecified atom stereocenters. The van der Waals surface area contributed by atoms with E-state index < -0.39 is 0 Å². The quantitative estimate of drug-likeness (QED) is 0.666. The van der Waals surface area contributed by atoms with Gasteiger partial charge in [-0.2, -0.15) is 0 Å². The first-order chi connectivity index (χ1) is 8.95. The van der Waals surface area contributed by atoms with Gasteiger partial charge in [-0.3, -0.25) is 4.79 Å². The molecule has 0 aromatic heterocycles. The fourth-order valence-corrected chi connectivity index (χ4v) is 2.15. The molecule has 0 amide bonds. The van der Waals surface area contributed by atoms with Crippen molar-refractivity contribution in [3.05, 3.63) is 52.0 Å². The minimum absolute atomic E-state index is 0.0881. The van der Waals surface area contributed by atoms with E-state index >= 15 is 0 Å². The van der Waals surface area contributed by atoms with Crippen molar-refractivity contribution in [1.29, 1.82) is 0 Å². The second-order valence-electron chi connectivity index (χ2n) is 4.01. The second kappa shape index (κ2) is 5.51. The van der Waals surface area contributed by atoms with Crippen molar-refractivity contribution in [2.45, 2.75) is 6.92 Å². The molecule has 0 saturated heterocycles. The molecule has 0 aliphatic carbocycles. The number of nitrogen functional groups attached to an aromatic ring is 1. The van der Waals surface area contributed by atoms with Crippen molar-refractivity contribution in [2.75, 3.05) is 5.73 Å². The molecule has 0 fully saturated rings. The topological polar surface area (TPSA) is 52.3 Å². The maximum Gasteiger partial charge on any atom is 0.161 e. The number of hydrogen-bond donors (Lipinski definition) is 1. The van der Waals surface area contributed by atoms with E-state index in [4.69, 9.17) is 33.7 Å². The maximum absolute atomic E-state index is 11.3. The Labute approximate surface area is 120 Å². The summed E-state index contributed by atoms with van der Waals surface area (Å²) in [5.41, 5.74) is 6.63. The smallest absolute Gasteiger partial charge is 0.161 e. The third kappa shape index (κ3) is 3.40. The highest BCUT2D eigenvalue weighted by atomic mass is 35.5. The highest BCUT2D eigenvalue weighted by Gasteiger charge is 2.07. The Morgan fingerprint density at radius 1 is 1.05 bits per heavy atom. The van der Waals surface area contributed by atoms with E-state index in [2.05, 4.69) is 0 Å². The molecular weight excluding hydrogens is 285 g/mol. The molecule has 0 atom stereocenters. The minimum atomic E-state index is -0.0881. The van der Waals surface area contributed by atoms with Gasteiger partial charge in [0.2, 0.25) is 0 Å². The Kier molecular flexibility index (Phi) is 3.98. The number of hydrogen-bond acceptors (Lipinski definition) is 3. The lowest BCUT2D eigenvalue weighted by Crippen LogP contribution is -1.99. The van der Waals surface area contributed by atoms with Crippen LogP contribution < -0.4 is 10.5 Å². The molecule has 0 bridgehead atoms. The Hall–Kier alpha value is -1.71. The van der Waals surface area contributed by atoms with Gasteiger partial charge in [0, 0.05) is 27.4 Å². The first-order valence-corrected chi connectivity index (χ1v) is 6.26. The molecule has 5 heteroatoms. The summed E-state index contributed by atoms with van der Waals surface area (Å²) in [6, 6.07) is 9.78. The molecule has 0 heterocycles. The monoisotopic (exact) mass is 295 g/mol. The summed E-state index contributed by atoms with van der Waals surface area (Å²) in [6.45, 7) is 1.46. The van der Waals surface area contributed by atoms with Gasteiger partial charge in [-0.05, 0) is 37.3 Å². The number of rotatable bonds is 3. The first kappa shape index (κ1) is 13.7. The van der Waals surface area contributed by atoms with Gasteiger partial charge in [0.05, 0.1) is 0 Å². The largest absolute Gasteiger partial charge is 0.457 e. The van der Waals surface area contributed by atoms with E-state index in [1.54, 1.807) is 36.4 Å². The summed E-state index contributed by atoms with van der Waals surface area (Å²) in [4.78, 5) is 11.3. The zero-order valence-electron chi connectivity index (χ0n) is 10.1. The average molecular weight is 296 g/mol. The van der Waals surface area contributed by atoms with Crippen LogP contribution in [0.5, 0.6) is 11.5 Å². The average Bonchev–Trinajstić information content (AvgIpc) is 2.26. The molecule has 0 aliphatic heterocycles. The predicted molar refractivity (Wildman–Crippen MR) is 77.4 cm³/mol. The molecule has 0 saturated carbocycles. The van der Waals surface area contributed by atoms with Crippen molar-refractivity contribution >= 4 is 34.7 Å². The van der Waals surface area contributed by atoms with Crippen molar-refractivity contribution in [3.8, 4) is 11.5 Å². The van der Waals surface area contributed by atoms with Crippen LogP contribution in [0, 0.1) is 0 Å². The molecule has 98 valence electrons. The molecule has 2 N–H and O–H groups in total.